The summed E-state index contributed by atoms with van der Waals surface area (Å²) in [5.74, 6) is -3.51. The number of benzene rings is 1. The lowest BCUT2D eigenvalue weighted by Gasteiger charge is -2.32. The standard InChI is InChI=1S/C10H7F2I2NO3.ClH/c11-10(12)3-18-9(17)15-8(10)5-1-4(13)2-6(14)7(5)16;/h1-2,8,16H,3H2,(H,15,17);1H/t8-;/m0./s1. The third-order valence-corrected chi connectivity index (χ3v) is 3.89. The van der Waals surface area contributed by atoms with Crippen molar-refractivity contribution < 1.29 is 23.4 Å². The highest BCUT2D eigenvalue weighted by Crippen LogP contribution is 2.40. The van der Waals surface area contributed by atoms with Gasteiger partial charge in [-0.2, -0.15) is 0 Å². The average molecular weight is 517 g/mol. The van der Waals surface area contributed by atoms with Gasteiger partial charge in [-0.15, -0.1) is 12.4 Å². The summed E-state index contributed by atoms with van der Waals surface area (Å²) < 4.78 is 32.8. The van der Waals surface area contributed by atoms with Crippen molar-refractivity contribution in [2.45, 2.75) is 12.0 Å². The van der Waals surface area contributed by atoms with Gasteiger partial charge in [-0.05, 0) is 57.3 Å². The number of phenols is 1. The minimum Gasteiger partial charge on any atom is -0.506 e. The number of cyclic esters (lactones) is 1. The maximum absolute atomic E-state index is 13.7. The van der Waals surface area contributed by atoms with E-state index in [4.69, 9.17) is 0 Å². The quantitative estimate of drug-likeness (QED) is 0.562. The molecule has 1 heterocycles. The lowest BCUT2D eigenvalue weighted by atomic mass is 9.99. The Balaban J connectivity index is 0.00000180. The van der Waals surface area contributed by atoms with Crippen molar-refractivity contribution >= 4 is 63.7 Å². The van der Waals surface area contributed by atoms with Crippen molar-refractivity contribution in [3.8, 4) is 5.75 Å². The minimum atomic E-state index is -3.26. The average Bonchev–Trinajstić information content (AvgIpc) is 2.27. The molecule has 0 aliphatic carbocycles. The van der Waals surface area contributed by atoms with Crippen molar-refractivity contribution in [1.82, 2.24) is 5.32 Å². The maximum Gasteiger partial charge on any atom is 0.408 e. The highest BCUT2D eigenvalue weighted by atomic mass is 127. The van der Waals surface area contributed by atoms with E-state index in [9.17, 15) is 18.7 Å². The number of ether oxygens (including phenoxy) is 1. The summed E-state index contributed by atoms with van der Waals surface area (Å²) >= 11 is 3.80. The summed E-state index contributed by atoms with van der Waals surface area (Å²) in [5.41, 5.74) is -0.00653. The number of hydrogen-bond acceptors (Lipinski definition) is 3. The third kappa shape index (κ3) is 3.51. The SMILES string of the molecule is Cl.O=C1N[C@@H](c2cc(I)cc(I)c2O)C(F)(F)CO1. The molecule has 1 aromatic rings. The molecular weight excluding hydrogens is 509 g/mol. The molecule has 9 heteroatoms. The maximum atomic E-state index is 13.7. The molecule has 0 saturated carbocycles. The number of alkyl carbamates (subject to hydrolysis) is 1. The van der Waals surface area contributed by atoms with E-state index in [-0.39, 0.29) is 23.7 Å². The Morgan fingerprint density at radius 2 is 2.05 bits per heavy atom. The van der Waals surface area contributed by atoms with Crippen LogP contribution in [-0.2, 0) is 4.74 Å². The lowest BCUT2D eigenvalue weighted by Crippen LogP contribution is -2.49. The molecule has 19 heavy (non-hydrogen) atoms. The first-order chi connectivity index (χ1) is 8.31. The number of nitrogens with one attached hydrogen (secondary N) is 1. The van der Waals surface area contributed by atoms with Gasteiger partial charge in [0.05, 0.1) is 3.57 Å². The molecule has 4 nitrogen and oxygen atoms in total. The zero-order valence-electron chi connectivity index (χ0n) is 9.12. The van der Waals surface area contributed by atoms with Crippen LogP contribution in [0.1, 0.15) is 11.6 Å². The Hall–Kier alpha value is -0.100. The van der Waals surface area contributed by atoms with Crippen LogP contribution in [0.3, 0.4) is 0 Å². The molecule has 1 atom stereocenters. The topological polar surface area (TPSA) is 58.6 Å². The van der Waals surface area contributed by atoms with Gasteiger partial charge in [0.1, 0.15) is 11.8 Å². The van der Waals surface area contributed by atoms with E-state index < -0.39 is 24.7 Å². The summed E-state index contributed by atoms with van der Waals surface area (Å²) in [4.78, 5) is 11.1. The number of hydrogen-bond donors (Lipinski definition) is 2. The molecule has 1 amide bonds. The number of phenolic OH excluding ortho intramolecular Hbond substituents is 1. The van der Waals surface area contributed by atoms with Gasteiger partial charge in [0.15, 0.2) is 6.61 Å². The van der Waals surface area contributed by atoms with E-state index in [2.05, 4.69) is 4.74 Å². The van der Waals surface area contributed by atoms with Crippen molar-refractivity contribution in [3.63, 3.8) is 0 Å². The largest absolute Gasteiger partial charge is 0.506 e. The van der Waals surface area contributed by atoms with Crippen LogP contribution in [0.15, 0.2) is 12.1 Å². The summed E-state index contributed by atoms with van der Waals surface area (Å²) in [7, 11) is 0. The predicted molar refractivity (Wildman–Crippen MR) is 83.0 cm³/mol. The number of alkyl halides is 2. The number of amides is 1. The number of aromatic hydroxyl groups is 1. The second-order valence-corrected chi connectivity index (χ2v) is 6.15. The Kier molecular flexibility index (Phi) is 5.46. The van der Waals surface area contributed by atoms with Crippen LogP contribution in [-0.4, -0.2) is 23.7 Å². The molecule has 1 aliphatic rings. The van der Waals surface area contributed by atoms with E-state index in [0.29, 0.717) is 7.14 Å². The van der Waals surface area contributed by atoms with Crippen LogP contribution in [0.5, 0.6) is 5.75 Å². The zero-order valence-corrected chi connectivity index (χ0v) is 14.3. The normalized spacial score (nSPS) is 21.1. The van der Waals surface area contributed by atoms with Gasteiger partial charge in [-0.25, -0.2) is 13.6 Å². The summed E-state index contributed by atoms with van der Waals surface area (Å²) in [6.45, 7) is -0.995. The summed E-state index contributed by atoms with van der Waals surface area (Å²) in [5, 5.41) is 11.9. The first-order valence-corrected chi connectivity index (χ1v) is 6.96. The second-order valence-electron chi connectivity index (χ2n) is 3.74. The fourth-order valence-electron chi connectivity index (χ4n) is 1.62. The monoisotopic (exact) mass is 517 g/mol. The smallest absolute Gasteiger partial charge is 0.408 e. The first-order valence-electron chi connectivity index (χ1n) is 4.80. The first kappa shape index (κ1) is 17.0. The minimum absolute atomic E-state index is 0. The van der Waals surface area contributed by atoms with E-state index in [1.807, 2.05) is 50.5 Å². The number of carbonyl (C=O) groups excluding carboxylic acids is 1. The van der Waals surface area contributed by atoms with Crippen LogP contribution >= 0.6 is 57.6 Å². The molecule has 0 aromatic heterocycles. The van der Waals surface area contributed by atoms with Crippen molar-refractivity contribution in [3.05, 3.63) is 24.8 Å². The molecule has 106 valence electrons. The van der Waals surface area contributed by atoms with Crippen molar-refractivity contribution in [2.75, 3.05) is 6.61 Å². The molecule has 2 rings (SSSR count). The van der Waals surface area contributed by atoms with Crippen molar-refractivity contribution in [1.29, 1.82) is 0 Å². The van der Waals surface area contributed by atoms with Gasteiger partial charge in [-0.1, -0.05) is 0 Å². The Morgan fingerprint density at radius 3 is 2.68 bits per heavy atom. The molecular formula is C10H8ClF2I2NO3. The van der Waals surface area contributed by atoms with Crippen LogP contribution in [0.25, 0.3) is 0 Å². The van der Waals surface area contributed by atoms with Crippen LogP contribution in [0.4, 0.5) is 13.6 Å². The van der Waals surface area contributed by atoms with Gasteiger partial charge in [0, 0.05) is 9.13 Å². The van der Waals surface area contributed by atoms with E-state index in [1.54, 1.807) is 6.07 Å². The highest BCUT2D eigenvalue weighted by molar-refractivity contribution is 14.1. The zero-order chi connectivity index (χ0) is 13.5. The highest BCUT2D eigenvalue weighted by Gasteiger charge is 2.48. The summed E-state index contributed by atoms with van der Waals surface area (Å²) in [6.07, 6.45) is -0.917. The fraction of sp³-hybridized carbons (Fsp3) is 0.300. The van der Waals surface area contributed by atoms with Crippen molar-refractivity contribution in [2.24, 2.45) is 0 Å². The van der Waals surface area contributed by atoms with Gasteiger partial charge in [0.25, 0.3) is 0 Å². The fourth-order valence-corrected chi connectivity index (χ4v) is 3.51. The Labute approximate surface area is 141 Å². The molecule has 1 fully saturated rings. The molecule has 0 spiro atoms. The Bertz CT molecular complexity index is 516. The van der Waals surface area contributed by atoms with Gasteiger partial charge < -0.3 is 15.2 Å². The van der Waals surface area contributed by atoms with E-state index >= 15 is 0 Å². The molecule has 0 bridgehead atoms. The molecule has 0 radical (unpaired) electrons. The number of halogens is 5. The van der Waals surface area contributed by atoms with Gasteiger partial charge >= 0.3 is 12.0 Å². The number of rotatable bonds is 1. The van der Waals surface area contributed by atoms with E-state index in [1.165, 1.54) is 6.07 Å². The van der Waals surface area contributed by atoms with Crippen LogP contribution < -0.4 is 5.32 Å². The lowest BCUT2D eigenvalue weighted by molar-refractivity contribution is -0.104. The molecule has 1 saturated heterocycles. The second kappa shape index (κ2) is 6.12. The Morgan fingerprint density at radius 1 is 1.42 bits per heavy atom. The molecule has 2 N–H and O–H groups in total. The van der Waals surface area contributed by atoms with Crippen LogP contribution in [0.2, 0.25) is 0 Å². The van der Waals surface area contributed by atoms with Gasteiger partial charge in [0.2, 0.25) is 0 Å². The molecule has 0 unspecified atom stereocenters. The molecule has 1 aliphatic heterocycles. The van der Waals surface area contributed by atoms with E-state index in [0.717, 1.165) is 0 Å². The van der Waals surface area contributed by atoms with Gasteiger partial charge in [-0.3, -0.25) is 0 Å². The predicted octanol–water partition coefficient (Wildman–Crippen LogP) is 3.44. The molecule has 1 aromatic carbocycles. The van der Waals surface area contributed by atoms with Crippen LogP contribution in [0, 0.1) is 7.14 Å². The number of carbonyl (C=O) groups is 1. The third-order valence-electron chi connectivity index (χ3n) is 2.45. The summed E-state index contributed by atoms with van der Waals surface area (Å²) in [6, 6.07) is 1.49.